The summed E-state index contributed by atoms with van der Waals surface area (Å²) in [5.74, 6) is 0.564. The predicted molar refractivity (Wildman–Crippen MR) is 85.8 cm³/mol. The third kappa shape index (κ3) is 2.76. The summed E-state index contributed by atoms with van der Waals surface area (Å²) in [5, 5.41) is 0. The van der Waals surface area contributed by atoms with Crippen LogP contribution in [-0.4, -0.2) is 23.3 Å². The molecule has 0 N–H and O–H groups in total. The molecule has 114 valence electrons. The topological polar surface area (TPSA) is 31.4 Å². The van der Waals surface area contributed by atoms with Gasteiger partial charge in [-0.25, -0.2) is 0 Å². The summed E-state index contributed by atoms with van der Waals surface area (Å²) in [5.41, 5.74) is 1.73. The molecule has 4 heteroatoms. The molecule has 1 aromatic heterocycles. The van der Waals surface area contributed by atoms with Gasteiger partial charge in [0.25, 0.3) is 0 Å². The van der Waals surface area contributed by atoms with E-state index in [1.807, 2.05) is 12.3 Å². The van der Waals surface area contributed by atoms with Crippen LogP contribution in [0.5, 0.6) is 0 Å². The van der Waals surface area contributed by atoms with Gasteiger partial charge in [-0.3, -0.25) is 4.98 Å². The van der Waals surface area contributed by atoms with Crippen LogP contribution >= 0.6 is 0 Å². The largest absolute Gasteiger partial charge is 0.496 e. The Morgan fingerprint density at radius 3 is 2.29 bits per heavy atom. The Morgan fingerprint density at radius 1 is 1.05 bits per heavy atom. The normalized spacial score (nSPS) is 25.2. The van der Waals surface area contributed by atoms with Gasteiger partial charge in [-0.05, 0) is 46.6 Å². The fourth-order valence-electron chi connectivity index (χ4n) is 3.32. The molecule has 2 fully saturated rings. The Bertz CT molecular complexity index is 493. The highest BCUT2D eigenvalue weighted by molar-refractivity contribution is 6.62. The van der Waals surface area contributed by atoms with Gasteiger partial charge >= 0.3 is 7.12 Å². The first kappa shape index (κ1) is 15.0. The molecular formula is C17H26BNO2. The third-order valence-corrected chi connectivity index (χ3v) is 5.37. The monoisotopic (exact) mass is 287 g/mol. The van der Waals surface area contributed by atoms with Crippen LogP contribution in [0.25, 0.3) is 0 Å². The summed E-state index contributed by atoms with van der Waals surface area (Å²) in [6.07, 6.45) is 8.36. The lowest BCUT2D eigenvalue weighted by Crippen LogP contribution is -2.41. The van der Waals surface area contributed by atoms with Gasteiger partial charge in [0.05, 0.1) is 11.2 Å². The Hall–Kier alpha value is -0.865. The molecule has 0 bridgehead atoms. The van der Waals surface area contributed by atoms with Crippen molar-refractivity contribution < 1.29 is 9.31 Å². The predicted octanol–water partition coefficient (Wildman–Crippen LogP) is 3.43. The van der Waals surface area contributed by atoms with Crippen LogP contribution in [0.3, 0.4) is 0 Å². The maximum Gasteiger partial charge on any atom is 0.496 e. The van der Waals surface area contributed by atoms with Crippen molar-refractivity contribution >= 4 is 12.6 Å². The molecule has 2 aliphatic rings. The zero-order chi connectivity index (χ0) is 15.1. The molecule has 1 saturated heterocycles. The molecule has 21 heavy (non-hydrogen) atoms. The molecule has 1 aromatic rings. The Morgan fingerprint density at radius 2 is 1.67 bits per heavy atom. The van der Waals surface area contributed by atoms with E-state index in [1.54, 1.807) is 0 Å². The van der Waals surface area contributed by atoms with Crippen molar-refractivity contribution in [3.63, 3.8) is 0 Å². The first-order chi connectivity index (χ1) is 9.91. The summed E-state index contributed by atoms with van der Waals surface area (Å²) in [7, 11) is -0.291. The number of hydrogen-bond donors (Lipinski definition) is 0. The maximum atomic E-state index is 6.22. The van der Waals surface area contributed by atoms with E-state index in [4.69, 9.17) is 9.31 Å². The van der Waals surface area contributed by atoms with Gasteiger partial charge in [0.1, 0.15) is 0 Å². The molecular weight excluding hydrogens is 261 g/mol. The van der Waals surface area contributed by atoms with E-state index >= 15 is 0 Å². The minimum atomic E-state index is -0.294. The Balaban J connectivity index is 1.89. The fraction of sp³-hybridized carbons (Fsp3) is 0.706. The summed E-state index contributed by atoms with van der Waals surface area (Å²) in [6, 6.07) is 4.12. The molecule has 1 aliphatic carbocycles. The van der Waals surface area contributed by atoms with E-state index in [2.05, 4.69) is 38.7 Å². The summed E-state index contributed by atoms with van der Waals surface area (Å²) in [4.78, 5) is 4.68. The van der Waals surface area contributed by atoms with Gasteiger partial charge < -0.3 is 9.31 Å². The van der Waals surface area contributed by atoms with Crippen molar-refractivity contribution in [3.05, 3.63) is 24.0 Å². The zero-order valence-corrected chi connectivity index (χ0v) is 13.7. The molecule has 0 aromatic carbocycles. The van der Waals surface area contributed by atoms with Crippen LogP contribution in [0.15, 0.2) is 18.3 Å². The second-order valence-corrected chi connectivity index (χ2v) is 7.40. The van der Waals surface area contributed by atoms with E-state index in [9.17, 15) is 0 Å². The van der Waals surface area contributed by atoms with Crippen molar-refractivity contribution in [3.8, 4) is 0 Å². The first-order valence-electron chi connectivity index (χ1n) is 8.21. The zero-order valence-electron chi connectivity index (χ0n) is 13.7. The van der Waals surface area contributed by atoms with Crippen LogP contribution in [-0.2, 0) is 9.31 Å². The minimum Gasteiger partial charge on any atom is -0.399 e. The van der Waals surface area contributed by atoms with Crippen molar-refractivity contribution in [2.24, 2.45) is 0 Å². The highest BCUT2D eigenvalue weighted by Crippen LogP contribution is 2.38. The Labute approximate surface area is 128 Å². The SMILES string of the molecule is CC1(C)OB(c2cccnc2C2CCCCC2)OC1(C)C. The summed E-state index contributed by atoms with van der Waals surface area (Å²) >= 11 is 0. The molecule has 0 radical (unpaired) electrons. The lowest BCUT2D eigenvalue weighted by Gasteiger charge is -2.32. The number of nitrogens with zero attached hydrogens (tertiary/aromatic N) is 1. The van der Waals surface area contributed by atoms with Gasteiger partial charge in [0.15, 0.2) is 0 Å². The third-order valence-electron chi connectivity index (χ3n) is 5.37. The van der Waals surface area contributed by atoms with Gasteiger partial charge in [-0.15, -0.1) is 0 Å². The molecule has 0 amide bonds. The average molecular weight is 287 g/mol. The molecule has 0 unspecified atom stereocenters. The van der Waals surface area contributed by atoms with E-state index in [0.717, 1.165) is 5.46 Å². The summed E-state index contributed by atoms with van der Waals surface area (Å²) < 4.78 is 12.4. The second kappa shape index (κ2) is 5.40. The van der Waals surface area contributed by atoms with E-state index in [0.29, 0.717) is 5.92 Å². The fourth-order valence-corrected chi connectivity index (χ4v) is 3.32. The molecule has 1 saturated carbocycles. The second-order valence-electron chi connectivity index (χ2n) is 7.40. The van der Waals surface area contributed by atoms with Crippen LogP contribution in [0.2, 0.25) is 0 Å². The van der Waals surface area contributed by atoms with Gasteiger partial charge in [0, 0.05) is 23.3 Å². The van der Waals surface area contributed by atoms with Crippen molar-refractivity contribution in [1.82, 2.24) is 4.98 Å². The van der Waals surface area contributed by atoms with Gasteiger partial charge in [0.2, 0.25) is 0 Å². The number of pyridine rings is 1. The molecule has 3 rings (SSSR count). The van der Waals surface area contributed by atoms with E-state index in [1.165, 1.54) is 37.8 Å². The lowest BCUT2D eigenvalue weighted by molar-refractivity contribution is 0.00578. The van der Waals surface area contributed by atoms with Crippen LogP contribution < -0.4 is 5.46 Å². The molecule has 0 atom stereocenters. The number of aromatic nitrogens is 1. The minimum absolute atomic E-state index is 0.291. The molecule has 1 aliphatic heterocycles. The lowest BCUT2D eigenvalue weighted by atomic mass is 9.73. The summed E-state index contributed by atoms with van der Waals surface area (Å²) in [6.45, 7) is 8.40. The number of rotatable bonds is 2. The van der Waals surface area contributed by atoms with E-state index in [-0.39, 0.29) is 18.3 Å². The van der Waals surface area contributed by atoms with Gasteiger partial charge in [-0.1, -0.05) is 25.3 Å². The molecule has 3 nitrogen and oxygen atoms in total. The molecule has 0 spiro atoms. The van der Waals surface area contributed by atoms with Crippen LogP contribution in [0, 0.1) is 0 Å². The highest BCUT2D eigenvalue weighted by Gasteiger charge is 2.52. The quantitative estimate of drug-likeness (QED) is 0.781. The number of hydrogen-bond acceptors (Lipinski definition) is 3. The highest BCUT2D eigenvalue weighted by atomic mass is 16.7. The van der Waals surface area contributed by atoms with Crippen molar-refractivity contribution in [2.45, 2.75) is 76.9 Å². The standard InChI is InChI=1S/C17H26BNO2/c1-16(2)17(3,4)21-18(20-16)14-11-8-12-19-15(14)13-9-6-5-7-10-13/h8,11-13H,5-7,9-10H2,1-4H3. The van der Waals surface area contributed by atoms with E-state index < -0.39 is 0 Å². The van der Waals surface area contributed by atoms with Crippen LogP contribution in [0.1, 0.15) is 71.4 Å². The average Bonchev–Trinajstić information content (AvgIpc) is 2.68. The molecule has 2 heterocycles. The smallest absolute Gasteiger partial charge is 0.399 e. The van der Waals surface area contributed by atoms with Crippen LogP contribution in [0.4, 0.5) is 0 Å². The van der Waals surface area contributed by atoms with Crippen molar-refractivity contribution in [1.29, 1.82) is 0 Å². The van der Waals surface area contributed by atoms with Crippen molar-refractivity contribution in [2.75, 3.05) is 0 Å². The van der Waals surface area contributed by atoms with Gasteiger partial charge in [-0.2, -0.15) is 0 Å². The maximum absolute atomic E-state index is 6.22. The first-order valence-corrected chi connectivity index (χ1v) is 8.21. The Kier molecular flexibility index (Phi) is 3.87.